The third-order valence-corrected chi connectivity index (χ3v) is 4.47. The molecular formula is C19H21NO3. The van der Waals surface area contributed by atoms with Crippen LogP contribution in [0.15, 0.2) is 48.5 Å². The summed E-state index contributed by atoms with van der Waals surface area (Å²) in [5.41, 5.74) is 3.41. The molecule has 0 unspecified atom stereocenters. The highest BCUT2D eigenvalue weighted by Gasteiger charge is 2.23. The van der Waals surface area contributed by atoms with Gasteiger partial charge in [0, 0.05) is 12.6 Å². The third kappa shape index (κ3) is 3.60. The van der Waals surface area contributed by atoms with Crippen molar-refractivity contribution in [3.05, 3.63) is 59.7 Å². The number of likely N-dealkylation sites (tertiary alicyclic amines) is 1. The molecule has 1 heterocycles. The van der Waals surface area contributed by atoms with Gasteiger partial charge in [0.1, 0.15) is 0 Å². The molecule has 1 atom stereocenters. The van der Waals surface area contributed by atoms with Gasteiger partial charge in [-0.2, -0.15) is 0 Å². The first-order chi connectivity index (χ1) is 11.2. The van der Waals surface area contributed by atoms with E-state index in [1.54, 1.807) is 18.2 Å². The van der Waals surface area contributed by atoms with E-state index in [1.165, 1.54) is 5.56 Å². The fraction of sp³-hybridized carbons (Fsp3) is 0.316. The van der Waals surface area contributed by atoms with Crippen molar-refractivity contribution < 1.29 is 15.0 Å². The average Bonchev–Trinajstić information content (AvgIpc) is 3.02. The molecular weight excluding hydrogens is 290 g/mol. The lowest BCUT2D eigenvalue weighted by atomic mass is 10.0. The first kappa shape index (κ1) is 15.7. The van der Waals surface area contributed by atoms with Crippen LogP contribution in [0.5, 0.6) is 0 Å². The molecule has 0 saturated carbocycles. The van der Waals surface area contributed by atoms with E-state index in [9.17, 15) is 9.90 Å². The van der Waals surface area contributed by atoms with Crippen LogP contribution in [0.3, 0.4) is 0 Å². The highest BCUT2D eigenvalue weighted by atomic mass is 16.4. The monoisotopic (exact) mass is 311 g/mol. The Balaban J connectivity index is 1.82. The summed E-state index contributed by atoms with van der Waals surface area (Å²) in [7, 11) is 0. The smallest absolute Gasteiger partial charge is 0.335 e. The minimum atomic E-state index is -0.911. The second kappa shape index (κ2) is 6.94. The molecule has 0 amide bonds. The summed E-state index contributed by atoms with van der Waals surface area (Å²) in [4.78, 5) is 13.4. The first-order valence-corrected chi connectivity index (χ1v) is 7.95. The molecule has 0 aromatic heterocycles. The van der Waals surface area contributed by atoms with Gasteiger partial charge in [0.15, 0.2) is 0 Å². The van der Waals surface area contributed by atoms with Gasteiger partial charge in [-0.3, -0.25) is 4.90 Å². The molecule has 0 radical (unpaired) electrons. The number of hydrogen-bond acceptors (Lipinski definition) is 3. The van der Waals surface area contributed by atoms with Gasteiger partial charge in [0.25, 0.3) is 0 Å². The standard InChI is InChI=1S/C19H21NO3/c21-13-18-8-3-9-20(18)12-14-4-1-5-15(10-14)16-6-2-7-17(11-16)19(22)23/h1-2,4-7,10-11,18,21H,3,8-9,12-13H2,(H,22,23)/t18-/m1/s1. The Labute approximate surface area is 136 Å². The van der Waals surface area contributed by atoms with Crippen molar-refractivity contribution in [3.63, 3.8) is 0 Å². The molecule has 1 aliphatic heterocycles. The number of rotatable bonds is 5. The second-order valence-corrected chi connectivity index (χ2v) is 6.04. The average molecular weight is 311 g/mol. The summed E-state index contributed by atoms with van der Waals surface area (Å²) < 4.78 is 0. The van der Waals surface area contributed by atoms with Gasteiger partial charge in [0.05, 0.1) is 12.2 Å². The number of carbonyl (C=O) groups is 1. The lowest BCUT2D eigenvalue weighted by Crippen LogP contribution is -2.31. The number of carboxylic acids is 1. The zero-order valence-corrected chi connectivity index (χ0v) is 13.0. The number of benzene rings is 2. The van der Waals surface area contributed by atoms with E-state index < -0.39 is 5.97 Å². The summed E-state index contributed by atoms with van der Waals surface area (Å²) in [6.07, 6.45) is 2.18. The summed E-state index contributed by atoms with van der Waals surface area (Å²) in [5, 5.41) is 18.6. The molecule has 0 spiro atoms. The Kier molecular flexibility index (Phi) is 4.74. The van der Waals surface area contributed by atoms with Gasteiger partial charge in [-0.05, 0) is 54.3 Å². The number of aliphatic hydroxyl groups is 1. The molecule has 1 aliphatic rings. The van der Waals surface area contributed by atoms with Crippen molar-refractivity contribution in [2.24, 2.45) is 0 Å². The molecule has 4 heteroatoms. The molecule has 1 fully saturated rings. The van der Waals surface area contributed by atoms with Gasteiger partial charge in [-0.1, -0.05) is 30.3 Å². The van der Waals surface area contributed by atoms with E-state index in [0.717, 1.165) is 37.1 Å². The maximum Gasteiger partial charge on any atom is 0.335 e. The number of aromatic carboxylic acids is 1. The summed E-state index contributed by atoms with van der Waals surface area (Å²) in [6.45, 7) is 2.04. The van der Waals surface area contributed by atoms with E-state index in [0.29, 0.717) is 5.56 Å². The second-order valence-electron chi connectivity index (χ2n) is 6.04. The Bertz CT molecular complexity index is 699. The predicted molar refractivity (Wildman–Crippen MR) is 89.4 cm³/mol. The van der Waals surface area contributed by atoms with Crippen molar-refractivity contribution in [2.75, 3.05) is 13.2 Å². The van der Waals surface area contributed by atoms with Gasteiger partial charge in [0.2, 0.25) is 0 Å². The van der Waals surface area contributed by atoms with Crippen molar-refractivity contribution in [2.45, 2.75) is 25.4 Å². The fourth-order valence-electron chi connectivity index (χ4n) is 3.23. The highest BCUT2D eigenvalue weighted by Crippen LogP contribution is 2.24. The van der Waals surface area contributed by atoms with Crippen molar-refractivity contribution >= 4 is 5.97 Å². The Morgan fingerprint density at radius 3 is 2.61 bits per heavy atom. The van der Waals surface area contributed by atoms with Gasteiger partial charge < -0.3 is 10.2 Å². The van der Waals surface area contributed by atoms with Gasteiger partial charge >= 0.3 is 5.97 Å². The van der Waals surface area contributed by atoms with E-state index >= 15 is 0 Å². The first-order valence-electron chi connectivity index (χ1n) is 7.95. The summed E-state index contributed by atoms with van der Waals surface area (Å²) >= 11 is 0. The summed E-state index contributed by atoms with van der Waals surface area (Å²) in [5.74, 6) is -0.911. The van der Waals surface area contributed by atoms with Crippen molar-refractivity contribution in [1.82, 2.24) is 4.90 Å². The zero-order valence-electron chi connectivity index (χ0n) is 13.0. The van der Waals surface area contributed by atoms with Gasteiger partial charge in [-0.25, -0.2) is 4.79 Å². The van der Waals surface area contributed by atoms with E-state index in [-0.39, 0.29) is 12.6 Å². The molecule has 1 saturated heterocycles. The molecule has 2 aromatic carbocycles. The number of nitrogens with zero attached hydrogens (tertiary/aromatic N) is 1. The minimum absolute atomic E-state index is 0.209. The predicted octanol–water partition coefficient (Wildman–Crippen LogP) is 3.01. The van der Waals surface area contributed by atoms with Crippen LogP contribution in [0.4, 0.5) is 0 Å². The fourth-order valence-corrected chi connectivity index (χ4v) is 3.23. The maximum absolute atomic E-state index is 11.1. The van der Waals surface area contributed by atoms with Crippen LogP contribution >= 0.6 is 0 Å². The SMILES string of the molecule is O=C(O)c1cccc(-c2cccc(CN3CCC[C@@H]3CO)c2)c1. The van der Waals surface area contributed by atoms with E-state index in [2.05, 4.69) is 17.0 Å². The lowest BCUT2D eigenvalue weighted by Gasteiger charge is -2.22. The lowest BCUT2D eigenvalue weighted by molar-refractivity contribution is 0.0697. The number of aliphatic hydroxyl groups excluding tert-OH is 1. The Morgan fingerprint density at radius 1 is 1.13 bits per heavy atom. The van der Waals surface area contributed by atoms with Crippen LogP contribution < -0.4 is 0 Å². The molecule has 23 heavy (non-hydrogen) atoms. The third-order valence-electron chi connectivity index (χ3n) is 4.47. The molecule has 2 aromatic rings. The topological polar surface area (TPSA) is 60.8 Å². The normalized spacial score (nSPS) is 18.2. The van der Waals surface area contributed by atoms with Gasteiger partial charge in [-0.15, -0.1) is 0 Å². The minimum Gasteiger partial charge on any atom is -0.478 e. The highest BCUT2D eigenvalue weighted by molar-refractivity contribution is 5.89. The molecule has 120 valence electrons. The quantitative estimate of drug-likeness (QED) is 0.891. The van der Waals surface area contributed by atoms with Crippen molar-refractivity contribution in [1.29, 1.82) is 0 Å². The Hall–Kier alpha value is -2.17. The van der Waals surface area contributed by atoms with Crippen molar-refractivity contribution in [3.8, 4) is 11.1 Å². The van der Waals surface area contributed by atoms with Crippen LogP contribution in [-0.2, 0) is 6.54 Å². The molecule has 0 aliphatic carbocycles. The maximum atomic E-state index is 11.1. The van der Waals surface area contributed by atoms with Crippen LogP contribution in [0.1, 0.15) is 28.8 Å². The zero-order chi connectivity index (χ0) is 16.2. The van der Waals surface area contributed by atoms with Crippen LogP contribution in [0.2, 0.25) is 0 Å². The molecule has 2 N–H and O–H groups in total. The number of carboxylic acid groups (broad SMARTS) is 1. The van der Waals surface area contributed by atoms with Crippen LogP contribution in [0, 0.1) is 0 Å². The molecule has 3 rings (SSSR count). The molecule has 4 nitrogen and oxygen atoms in total. The summed E-state index contributed by atoms with van der Waals surface area (Å²) in [6, 6.07) is 15.4. The molecule has 0 bridgehead atoms. The largest absolute Gasteiger partial charge is 0.478 e. The Morgan fingerprint density at radius 2 is 1.87 bits per heavy atom. The van der Waals surface area contributed by atoms with E-state index in [4.69, 9.17) is 5.11 Å². The van der Waals surface area contributed by atoms with E-state index in [1.807, 2.05) is 18.2 Å². The van der Waals surface area contributed by atoms with Crippen LogP contribution in [-0.4, -0.2) is 40.3 Å². The van der Waals surface area contributed by atoms with Crippen LogP contribution in [0.25, 0.3) is 11.1 Å². The number of hydrogen-bond donors (Lipinski definition) is 2.